The van der Waals surface area contributed by atoms with Crippen LogP contribution in [-0.2, 0) is 10.0 Å². The van der Waals surface area contributed by atoms with Crippen molar-refractivity contribution in [1.82, 2.24) is 9.97 Å². The highest BCUT2D eigenvalue weighted by molar-refractivity contribution is 7.90. The smallest absolute Gasteiger partial charge is 0.285 e. The van der Waals surface area contributed by atoms with E-state index in [2.05, 4.69) is 19.7 Å². The molecule has 0 saturated heterocycles. The largest absolute Gasteiger partial charge is 0.369 e. The van der Waals surface area contributed by atoms with Gasteiger partial charge in [-0.3, -0.25) is 5.32 Å². The van der Waals surface area contributed by atoms with E-state index in [9.17, 15) is 8.42 Å². The molecule has 3 N–H and O–H groups in total. The molecule has 0 atom stereocenters. The number of anilines is 1. The first-order chi connectivity index (χ1) is 12.7. The maximum Gasteiger partial charge on any atom is 0.285 e. The van der Waals surface area contributed by atoms with E-state index in [0.717, 1.165) is 33.3 Å². The molecule has 0 radical (unpaired) electrons. The van der Waals surface area contributed by atoms with E-state index in [0.29, 0.717) is 0 Å². The molecule has 0 bridgehead atoms. The molecule has 0 aliphatic heterocycles. The molecule has 0 unspecified atom stereocenters. The Morgan fingerprint density at radius 3 is 2.33 bits per heavy atom. The summed E-state index contributed by atoms with van der Waals surface area (Å²) in [4.78, 5) is 8.88. The first kappa shape index (κ1) is 18.8. The minimum atomic E-state index is -3.92. The zero-order valence-corrected chi connectivity index (χ0v) is 16.4. The number of fused-ring (bicyclic) bond motifs is 1. The van der Waals surface area contributed by atoms with Crippen LogP contribution in [0.25, 0.3) is 10.9 Å². The van der Waals surface area contributed by atoms with Crippen LogP contribution in [0.15, 0.2) is 45.7 Å². The number of aryl methyl sites for hydroxylation is 4. The first-order valence-corrected chi connectivity index (χ1v) is 9.79. The van der Waals surface area contributed by atoms with Crippen LogP contribution in [-0.4, -0.2) is 24.3 Å². The summed E-state index contributed by atoms with van der Waals surface area (Å²) in [5.41, 5.74) is 10.4. The quantitative estimate of drug-likeness (QED) is 0.531. The molecule has 7 nitrogen and oxygen atoms in total. The SMILES string of the molecule is Cc1ccc(S(=O)(=O)N=C(N)Nc2nc(C)c3cc(C)cc(C)c3n2)cc1. The van der Waals surface area contributed by atoms with E-state index in [4.69, 9.17) is 5.73 Å². The van der Waals surface area contributed by atoms with Crippen molar-refractivity contribution in [3.05, 3.63) is 58.8 Å². The van der Waals surface area contributed by atoms with Crippen LogP contribution in [0, 0.1) is 27.7 Å². The first-order valence-electron chi connectivity index (χ1n) is 8.35. The number of nitrogens with two attached hydrogens (primary N) is 1. The second-order valence-electron chi connectivity index (χ2n) is 6.50. The lowest BCUT2D eigenvalue weighted by atomic mass is 10.1. The Morgan fingerprint density at radius 1 is 1.00 bits per heavy atom. The number of guanidine groups is 1. The molecular weight excluding hydrogens is 362 g/mol. The molecule has 8 heteroatoms. The number of benzene rings is 2. The van der Waals surface area contributed by atoms with Gasteiger partial charge in [-0.15, -0.1) is 4.40 Å². The fourth-order valence-corrected chi connectivity index (χ4v) is 3.71. The van der Waals surface area contributed by atoms with Gasteiger partial charge in [0.25, 0.3) is 10.0 Å². The molecule has 1 heterocycles. The van der Waals surface area contributed by atoms with E-state index in [1.807, 2.05) is 39.8 Å². The molecule has 0 fully saturated rings. The van der Waals surface area contributed by atoms with Gasteiger partial charge in [0.1, 0.15) is 0 Å². The molecule has 1 aromatic heterocycles. The molecule has 0 aliphatic carbocycles. The summed E-state index contributed by atoms with van der Waals surface area (Å²) in [6, 6.07) is 10.4. The van der Waals surface area contributed by atoms with Gasteiger partial charge in [-0.25, -0.2) is 9.97 Å². The van der Waals surface area contributed by atoms with Crippen molar-refractivity contribution in [2.45, 2.75) is 32.6 Å². The lowest BCUT2D eigenvalue weighted by molar-refractivity contribution is 0.598. The van der Waals surface area contributed by atoms with Crippen molar-refractivity contribution in [3.63, 3.8) is 0 Å². The highest BCUT2D eigenvalue weighted by Gasteiger charge is 2.14. The van der Waals surface area contributed by atoms with E-state index in [-0.39, 0.29) is 16.8 Å². The molecule has 140 valence electrons. The Bertz CT molecular complexity index is 1150. The minimum absolute atomic E-state index is 0.0692. The van der Waals surface area contributed by atoms with Crippen LogP contribution < -0.4 is 11.1 Å². The van der Waals surface area contributed by atoms with Crippen LogP contribution in [0.3, 0.4) is 0 Å². The third-order valence-corrected chi connectivity index (χ3v) is 5.41. The van der Waals surface area contributed by atoms with Crippen LogP contribution in [0.4, 0.5) is 5.95 Å². The van der Waals surface area contributed by atoms with Gasteiger partial charge in [0, 0.05) is 5.39 Å². The monoisotopic (exact) mass is 383 g/mol. The van der Waals surface area contributed by atoms with Gasteiger partial charge in [-0.05, 0) is 51.5 Å². The fraction of sp³-hybridized carbons (Fsp3) is 0.211. The predicted molar refractivity (Wildman–Crippen MR) is 107 cm³/mol. The Balaban J connectivity index is 1.94. The summed E-state index contributed by atoms with van der Waals surface area (Å²) >= 11 is 0. The second-order valence-corrected chi connectivity index (χ2v) is 8.10. The summed E-state index contributed by atoms with van der Waals surface area (Å²) < 4.78 is 28.4. The van der Waals surface area contributed by atoms with E-state index in [1.54, 1.807) is 12.1 Å². The number of nitrogens with one attached hydrogen (secondary N) is 1. The third-order valence-electron chi connectivity index (χ3n) is 4.10. The lowest BCUT2D eigenvalue weighted by Crippen LogP contribution is -2.25. The standard InChI is InChI=1S/C19H21N5O2S/c1-11-5-7-15(8-6-11)27(25,26)24-18(20)23-19-21-14(4)16-10-12(2)9-13(3)17(16)22-19/h5-10H,1-4H3,(H3,20,21,22,23,24). The van der Waals surface area contributed by atoms with Gasteiger partial charge >= 0.3 is 0 Å². The molecule has 3 aromatic rings. The number of hydrogen-bond acceptors (Lipinski definition) is 4. The summed E-state index contributed by atoms with van der Waals surface area (Å²) in [5, 5.41) is 3.63. The van der Waals surface area contributed by atoms with Crippen molar-refractivity contribution in [2.75, 3.05) is 5.32 Å². The lowest BCUT2D eigenvalue weighted by Gasteiger charge is -2.10. The van der Waals surface area contributed by atoms with Gasteiger partial charge in [0.15, 0.2) is 0 Å². The fourth-order valence-electron chi connectivity index (χ4n) is 2.82. The number of nitrogens with zero attached hydrogens (tertiary/aromatic N) is 3. The van der Waals surface area contributed by atoms with Gasteiger partial charge < -0.3 is 5.73 Å². The third kappa shape index (κ3) is 4.06. The summed E-state index contributed by atoms with van der Waals surface area (Å²) in [6.07, 6.45) is 0. The zero-order chi connectivity index (χ0) is 19.8. The van der Waals surface area contributed by atoms with Crippen molar-refractivity contribution >= 4 is 32.8 Å². The van der Waals surface area contributed by atoms with Crippen LogP contribution >= 0.6 is 0 Å². The zero-order valence-electron chi connectivity index (χ0n) is 15.6. The van der Waals surface area contributed by atoms with Crippen LogP contribution in [0.5, 0.6) is 0 Å². The van der Waals surface area contributed by atoms with Crippen molar-refractivity contribution in [1.29, 1.82) is 0 Å². The van der Waals surface area contributed by atoms with Crippen molar-refractivity contribution in [3.8, 4) is 0 Å². The van der Waals surface area contributed by atoms with E-state index in [1.165, 1.54) is 12.1 Å². The van der Waals surface area contributed by atoms with E-state index >= 15 is 0 Å². The Labute approximate surface area is 158 Å². The van der Waals surface area contributed by atoms with Gasteiger partial charge in [0.2, 0.25) is 11.9 Å². The summed E-state index contributed by atoms with van der Waals surface area (Å²) in [7, 11) is -3.92. The highest BCUT2D eigenvalue weighted by Crippen LogP contribution is 2.22. The molecule has 0 aliphatic rings. The number of rotatable bonds is 3. The number of hydrogen-bond donors (Lipinski definition) is 2. The molecule has 3 rings (SSSR count). The average molecular weight is 383 g/mol. The highest BCUT2D eigenvalue weighted by atomic mass is 32.2. The van der Waals surface area contributed by atoms with Gasteiger partial charge in [-0.1, -0.05) is 29.3 Å². The van der Waals surface area contributed by atoms with Gasteiger partial charge in [-0.2, -0.15) is 8.42 Å². The Hall–Kier alpha value is -3.00. The summed E-state index contributed by atoms with van der Waals surface area (Å²) in [6.45, 7) is 7.71. The Kier molecular flexibility index (Phi) is 4.84. The molecule has 2 aromatic carbocycles. The second kappa shape index (κ2) is 6.96. The maximum absolute atomic E-state index is 12.4. The summed E-state index contributed by atoms with van der Waals surface area (Å²) in [5.74, 6) is -0.0913. The molecule has 0 spiro atoms. The normalized spacial score (nSPS) is 12.4. The average Bonchev–Trinajstić information content (AvgIpc) is 2.56. The molecule has 0 amide bonds. The Morgan fingerprint density at radius 2 is 1.67 bits per heavy atom. The predicted octanol–water partition coefficient (Wildman–Crippen LogP) is 2.98. The minimum Gasteiger partial charge on any atom is -0.369 e. The van der Waals surface area contributed by atoms with E-state index < -0.39 is 10.0 Å². The molecule has 0 saturated carbocycles. The van der Waals surface area contributed by atoms with Crippen LogP contribution in [0.2, 0.25) is 0 Å². The van der Waals surface area contributed by atoms with Crippen molar-refractivity contribution in [2.24, 2.45) is 10.1 Å². The molecule has 27 heavy (non-hydrogen) atoms. The number of aromatic nitrogens is 2. The molecular formula is C19H21N5O2S. The topological polar surface area (TPSA) is 110 Å². The van der Waals surface area contributed by atoms with Gasteiger partial charge in [0.05, 0.1) is 16.1 Å². The maximum atomic E-state index is 12.4. The van der Waals surface area contributed by atoms with Crippen molar-refractivity contribution < 1.29 is 8.42 Å². The van der Waals surface area contributed by atoms with Crippen LogP contribution in [0.1, 0.15) is 22.4 Å². The number of sulfonamides is 1.